The maximum atomic E-state index is 15.0. The maximum absolute atomic E-state index is 15.0. The second kappa shape index (κ2) is 35.5. The van der Waals surface area contributed by atoms with Crippen molar-refractivity contribution in [1.29, 1.82) is 0 Å². The number of benzene rings is 3. The van der Waals surface area contributed by atoms with Crippen LogP contribution in [-0.4, -0.2) is 241 Å². The second-order valence-corrected chi connectivity index (χ2v) is 31.9. The van der Waals surface area contributed by atoms with E-state index in [0.29, 0.717) is 11.1 Å². The molecular formula is C73H108F5N15O14. The molecule has 0 bridgehead atoms. The molecule has 594 valence electrons. The van der Waals surface area contributed by atoms with E-state index in [0.717, 1.165) is 38.7 Å². The van der Waals surface area contributed by atoms with Crippen LogP contribution in [0.15, 0.2) is 69.8 Å². The molecular weight excluding hydrogens is 1410 g/mol. The van der Waals surface area contributed by atoms with Gasteiger partial charge < -0.3 is 72.5 Å². The third-order valence-corrected chi connectivity index (χ3v) is 14.6. The summed E-state index contributed by atoms with van der Waals surface area (Å²) in [7, 11) is 9.83. The highest BCUT2D eigenvalue weighted by Gasteiger charge is 2.40. The van der Waals surface area contributed by atoms with Gasteiger partial charge in [0.15, 0.2) is 0 Å². The number of amides is 10. The van der Waals surface area contributed by atoms with Crippen molar-refractivity contribution in [3.8, 4) is 0 Å². The van der Waals surface area contributed by atoms with Gasteiger partial charge in [0.05, 0.1) is 65.5 Å². The summed E-state index contributed by atoms with van der Waals surface area (Å²) in [6.07, 6.45) is -5.40. The number of ether oxygens (including phenoxy) is 6. The summed E-state index contributed by atoms with van der Waals surface area (Å²) in [5, 5.41) is 0. The molecule has 3 aliphatic heterocycles. The van der Waals surface area contributed by atoms with Crippen LogP contribution in [0.3, 0.4) is 0 Å². The van der Waals surface area contributed by atoms with Crippen LogP contribution in [0.4, 0.5) is 60.3 Å². The lowest BCUT2D eigenvalue weighted by Crippen LogP contribution is -2.60. The van der Waals surface area contributed by atoms with Crippen LogP contribution >= 0.6 is 0 Å². The minimum atomic E-state index is -0.996. The molecule has 6 rings (SSSR count). The number of carbonyl (C=O) groups excluding carboxylic acids is 8. The summed E-state index contributed by atoms with van der Waals surface area (Å²) in [6.45, 7) is 38.1. The Balaban J connectivity index is 0.000000339. The first-order valence-corrected chi connectivity index (χ1v) is 34.1. The van der Waals surface area contributed by atoms with Crippen molar-refractivity contribution in [3.05, 3.63) is 117 Å². The van der Waals surface area contributed by atoms with Crippen molar-refractivity contribution < 1.29 is 88.7 Å². The molecule has 3 fully saturated rings. The molecule has 0 radical (unpaired) electrons. The van der Waals surface area contributed by atoms with E-state index in [1.54, 1.807) is 191 Å². The van der Waals surface area contributed by atoms with Crippen molar-refractivity contribution in [1.82, 2.24) is 58.8 Å². The lowest BCUT2D eigenvalue weighted by atomic mass is 10.1. The molecule has 3 saturated heterocycles. The lowest BCUT2D eigenvalue weighted by Gasteiger charge is -2.45. The third kappa shape index (κ3) is 27.9. The zero-order valence-corrected chi connectivity index (χ0v) is 66.9. The topological polar surface area (TPSA) is 268 Å². The van der Waals surface area contributed by atoms with E-state index in [2.05, 4.69) is 21.6 Å². The maximum Gasteiger partial charge on any atom is 0.437 e. The first kappa shape index (κ1) is 89.2. The molecule has 0 aromatic heterocycles. The number of nitrogens with zero attached hydrogens (tertiary/aromatic N) is 15. The van der Waals surface area contributed by atoms with Crippen LogP contribution in [0, 0.1) is 49.9 Å². The molecule has 34 heteroatoms. The smallest absolute Gasteiger partial charge is 0.437 e. The Labute approximate surface area is 625 Å². The van der Waals surface area contributed by atoms with E-state index in [1.807, 2.05) is 0 Å². The summed E-state index contributed by atoms with van der Waals surface area (Å²) in [6, 6.07) is 8.65. The Morgan fingerprint density at radius 2 is 0.682 bits per heavy atom. The number of guanidine groups is 3. The average molecular weight is 1510 g/mol. The second-order valence-electron chi connectivity index (χ2n) is 31.9. The van der Waals surface area contributed by atoms with E-state index >= 15 is 0 Å². The zero-order chi connectivity index (χ0) is 81.9. The fourth-order valence-electron chi connectivity index (χ4n) is 9.83. The fourth-order valence-corrected chi connectivity index (χ4v) is 9.83. The fraction of sp³-hybridized carbons (Fsp3) is 0.575. The number of hydrogen-bond acceptors (Lipinski definition) is 16. The van der Waals surface area contributed by atoms with Crippen LogP contribution in [0.5, 0.6) is 0 Å². The highest BCUT2D eigenvalue weighted by molar-refractivity contribution is 6.01. The molecule has 29 nitrogen and oxygen atoms in total. The molecule has 3 heterocycles. The third-order valence-electron chi connectivity index (χ3n) is 14.6. The molecule has 107 heavy (non-hydrogen) atoms. The van der Waals surface area contributed by atoms with Gasteiger partial charge in [0.1, 0.15) is 62.7 Å². The number of aryl methyl sites for hydroxylation is 1. The first-order chi connectivity index (χ1) is 48.7. The molecule has 0 aliphatic carbocycles. The van der Waals surface area contributed by atoms with E-state index in [-0.39, 0.29) is 105 Å². The molecule has 3 aromatic rings. The molecule has 0 atom stereocenters. The quantitative estimate of drug-likeness (QED) is 0.0960. The molecule has 0 N–H and O–H groups in total. The van der Waals surface area contributed by atoms with Crippen LogP contribution < -0.4 is 0 Å². The van der Waals surface area contributed by atoms with Gasteiger partial charge in [0.2, 0.25) is 17.9 Å². The highest BCUT2D eigenvalue weighted by Crippen LogP contribution is 2.27. The highest BCUT2D eigenvalue weighted by atomic mass is 19.1. The molecule has 0 saturated carbocycles. The molecule has 10 amide bonds. The minimum Gasteiger partial charge on any atom is -0.443 e. The van der Waals surface area contributed by atoms with E-state index < -0.39 is 106 Å². The number of carbonyl (C=O) groups is 8. The van der Waals surface area contributed by atoms with Gasteiger partial charge in [0.25, 0.3) is 0 Å². The van der Waals surface area contributed by atoms with Crippen molar-refractivity contribution in [2.75, 3.05) is 82.3 Å². The van der Waals surface area contributed by atoms with Crippen molar-refractivity contribution in [2.45, 2.75) is 199 Å². The van der Waals surface area contributed by atoms with Gasteiger partial charge in [-0.25, -0.2) is 75.0 Å². The first-order valence-electron chi connectivity index (χ1n) is 34.1. The predicted molar refractivity (Wildman–Crippen MR) is 391 cm³/mol. The summed E-state index contributed by atoms with van der Waals surface area (Å²) in [4.78, 5) is 132. The van der Waals surface area contributed by atoms with Crippen LogP contribution in [0.25, 0.3) is 0 Å². The normalized spacial score (nSPS) is 15.3. The van der Waals surface area contributed by atoms with Crippen molar-refractivity contribution in [2.24, 2.45) is 15.0 Å². The molecule has 0 spiro atoms. The Bertz CT molecular complexity index is 3810. The number of urea groups is 2. The summed E-state index contributed by atoms with van der Waals surface area (Å²) >= 11 is 0. The summed E-state index contributed by atoms with van der Waals surface area (Å²) in [5.74, 6) is -3.20. The Morgan fingerprint density at radius 1 is 0.393 bits per heavy atom. The van der Waals surface area contributed by atoms with E-state index in [9.17, 15) is 60.3 Å². The van der Waals surface area contributed by atoms with Crippen molar-refractivity contribution in [3.63, 3.8) is 0 Å². The predicted octanol–water partition coefficient (Wildman–Crippen LogP) is 13.8. The van der Waals surface area contributed by atoms with Gasteiger partial charge >= 0.3 is 48.6 Å². The van der Waals surface area contributed by atoms with Crippen LogP contribution in [0.1, 0.15) is 158 Å². The van der Waals surface area contributed by atoms with E-state index in [4.69, 9.17) is 28.4 Å². The van der Waals surface area contributed by atoms with Crippen LogP contribution in [-0.2, 0) is 48.1 Å². The van der Waals surface area contributed by atoms with Gasteiger partial charge in [-0.3, -0.25) is 0 Å². The van der Waals surface area contributed by atoms with Crippen molar-refractivity contribution >= 4 is 66.5 Å². The lowest BCUT2D eigenvalue weighted by molar-refractivity contribution is 0.0276. The van der Waals surface area contributed by atoms with E-state index in [1.165, 1.54) is 64.6 Å². The largest absolute Gasteiger partial charge is 0.443 e. The Kier molecular flexibility index (Phi) is 29.6. The molecule has 3 aliphatic rings. The molecule has 3 aromatic carbocycles. The standard InChI is InChI=1S/C25H37F2N5O4.C24H35F2N5O5.C24H36FN5O5/c1-16-19(26)11-18(12-20(16)27)13-32(23(34)36-25(6,7)8)21(28-22(33)35-24(3,4)5)31-14-29(9)17(2)30(10)15-31;1-15-17(25)11-10-16(18(15)26)12-31(22(34)36-24(5,6)7)19(27-20(32)35-23(2,3)4)30-13-28(8)21(33)29(9)14-30;1-16-10-11-17(12-18(16)25)13-30(22(33)35-24(5,6)7)19(26-20(31)34-23(2,3)4)29-14-27(8)21(32)28(9)15-29/h11-12H,2,13-15H2,1,3-10H3;10-11H,12-14H2,1-9H3;10-12H,13-15H2,1-9H3. The zero-order valence-electron chi connectivity index (χ0n) is 66.9. The number of hydrogen-bond donors (Lipinski definition) is 0. The number of halogens is 5. The Morgan fingerprint density at radius 3 is 0.991 bits per heavy atom. The number of rotatable bonds is 6. The van der Waals surface area contributed by atoms with Gasteiger partial charge in [-0.15, -0.1) is 15.0 Å². The monoisotopic (exact) mass is 1510 g/mol. The molecule has 0 unspecified atom stereocenters. The SMILES string of the molecule is C=C1N(C)CN(C(=NC(=O)OC(C)(C)C)N(Cc2cc(F)c(C)c(F)c2)C(=O)OC(C)(C)C)CN1C.Cc1c(F)ccc(CN(C(=O)OC(C)(C)C)C(=NC(=O)OC(C)(C)C)N2CN(C)C(=O)N(C)C2)c1F.Cc1ccc(CN(C(=O)OC(C)(C)C)C(=NC(=O)OC(C)(C)C)N2CN(C)C(=O)N(C)C2)cc1F. The number of aliphatic imine (C=N–C) groups is 3. The van der Waals surface area contributed by atoms with Gasteiger partial charge in [-0.05, 0) is 186 Å². The summed E-state index contributed by atoms with van der Waals surface area (Å²) < 4.78 is 105. The van der Waals surface area contributed by atoms with Gasteiger partial charge in [-0.1, -0.05) is 24.8 Å². The average Bonchev–Trinajstić information content (AvgIpc) is 0.803. The van der Waals surface area contributed by atoms with Crippen LogP contribution in [0.2, 0.25) is 0 Å². The Hall–Kier alpha value is -10.2. The van der Waals surface area contributed by atoms with Gasteiger partial charge in [0, 0.05) is 59.0 Å². The van der Waals surface area contributed by atoms with Gasteiger partial charge in [-0.2, -0.15) is 0 Å². The minimum absolute atomic E-state index is 0.0218. The summed E-state index contributed by atoms with van der Waals surface area (Å²) in [5.41, 5.74) is -4.52.